The SMILES string of the molecule is COc1cc(S(=O)(=O)Nc2scnc2C(=O)O)ccc1CC(=O)CN. The van der Waals surface area contributed by atoms with Gasteiger partial charge < -0.3 is 15.6 Å². The molecule has 11 heteroatoms. The number of carbonyl (C=O) groups excluding carboxylic acids is 1. The molecule has 0 aliphatic heterocycles. The monoisotopic (exact) mass is 385 g/mol. The number of carboxylic acids is 1. The van der Waals surface area contributed by atoms with Crippen molar-refractivity contribution < 1.29 is 27.9 Å². The van der Waals surface area contributed by atoms with Crippen LogP contribution in [0.25, 0.3) is 0 Å². The fourth-order valence-electron chi connectivity index (χ4n) is 1.97. The number of rotatable bonds is 8. The second-order valence-corrected chi connectivity index (χ2v) is 7.37. The topological polar surface area (TPSA) is 149 Å². The summed E-state index contributed by atoms with van der Waals surface area (Å²) >= 11 is 0.852. The van der Waals surface area contributed by atoms with Crippen LogP contribution in [-0.2, 0) is 21.2 Å². The highest BCUT2D eigenvalue weighted by Crippen LogP contribution is 2.27. The van der Waals surface area contributed by atoms with Crippen LogP contribution in [0.1, 0.15) is 16.1 Å². The van der Waals surface area contributed by atoms with E-state index < -0.39 is 16.0 Å². The number of Topliss-reactive ketones (excluding diaryl/α,β-unsaturated/α-hetero) is 1. The number of anilines is 1. The van der Waals surface area contributed by atoms with Crippen molar-refractivity contribution in [1.82, 2.24) is 4.98 Å². The molecular weight excluding hydrogens is 370 g/mol. The molecule has 0 spiro atoms. The number of carboxylic acid groups (broad SMARTS) is 1. The second-order valence-electron chi connectivity index (χ2n) is 4.83. The third kappa shape index (κ3) is 4.32. The number of ketones is 1. The maximum absolute atomic E-state index is 12.5. The molecule has 0 radical (unpaired) electrons. The average Bonchev–Trinajstić information content (AvgIpc) is 3.02. The number of methoxy groups -OCH3 is 1. The van der Waals surface area contributed by atoms with Gasteiger partial charge in [0.1, 0.15) is 10.8 Å². The van der Waals surface area contributed by atoms with Gasteiger partial charge >= 0.3 is 5.97 Å². The minimum Gasteiger partial charge on any atom is -0.496 e. The van der Waals surface area contributed by atoms with Crippen LogP contribution >= 0.6 is 11.3 Å². The minimum atomic E-state index is -4.06. The van der Waals surface area contributed by atoms with Gasteiger partial charge in [0.2, 0.25) is 0 Å². The van der Waals surface area contributed by atoms with Gasteiger partial charge in [-0.3, -0.25) is 9.52 Å². The Labute approximate surface area is 147 Å². The fourth-order valence-corrected chi connectivity index (χ4v) is 3.98. The quantitative estimate of drug-likeness (QED) is 0.602. The first-order valence-electron chi connectivity index (χ1n) is 6.86. The Morgan fingerprint density at radius 2 is 2.12 bits per heavy atom. The lowest BCUT2D eigenvalue weighted by Gasteiger charge is -2.11. The number of hydrogen-bond donors (Lipinski definition) is 3. The van der Waals surface area contributed by atoms with E-state index in [0.29, 0.717) is 5.56 Å². The van der Waals surface area contributed by atoms with Gasteiger partial charge in [-0.05, 0) is 6.07 Å². The first-order valence-corrected chi connectivity index (χ1v) is 9.23. The first-order chi connectivity index (χ1) is 11.8. The van der Waals surface area contributed by atoms with Crippen LogP contribution in [0, 0.1) is 0 Å². The zero-order valence-corrected chi connectivity index (χ0v) is 14.7. The van der Waals surface area contributed by atoms with Crippen molar-refractivity contribution in [2.24, 2.45) is 5.73 Å². The molecule has 0 amide bonds. The second kappa shape index (κ2) is 7.59. The van der Waals surface area contributed by atoms with Crippen molar-refractivity contribution in [2.75, 3.05) is 18.4 Å². The van der Waals surface area contributed by atoms with E-state index in [1.165, 1.54) is 30.8 Å². The molecule has 0 saturated heterocycles. The van der Waals surface area contributed by atoms with Gasteiger partial charge in [-0.15, -0.1) is 11.3 Å². The van der Waals surface area contributed by atoms with Crippen LogP contribution in [-0.4, -0.2) is 43.9 Å². The van der Waals surface area contributed by atoms with Crippen molar-refractivity contribution in [1.29, 1.82) is 0 Å². The molecule has 25 heavy (non-hydrogen) atoms. The van der Waals surface area contributed by atoms with E-state index in [1.807, 2.05) is 0 Å². The Kier molecular flexibility index (Phi) is 5.72. The lowest BCUT2D eigenvalue weighted by Crippen LogP contribution is -2.17. The Morgan fingerprint density at radius 1 is 1.40 bits per heavy atom. The Morgan fingerprint density at radius 3 is 2.72 bits per heavy atom. The number of ether oxygens (including phenoxy) is 1. The molecule has 4 N–H and O–H groups in total. The predicted molar refractivity (Wildman–Crippen MR) is 90.6 cm³/mol. The standard InChI is InChI=1S/C14H15N3O6S2/c1-23-11-5-10(3-2-8(11)4-9(18)6-15)25(21,22)17-13-12(14(19)20)16-7-24-13/h2-3,5,7,17H,4,6,15H2,1H3,(H,19,20). The summed E-state index contributed by atoms with van der Waals surface area (Å²) in [4.78, 5) is 26.0. The summed E-state index contributed by atoms with van der Waals surface area (Å²) in [7, 11) is -2.71. The fraction of sp³-hybridized carbons (Fsp3) is 0.214. The summed E-state index contributed by atoms with van der Waals surface area (Å²) in [6.07, 6.45) is 0.0193. The van der Waals surface area contributed by atoms with Gasteiger partial charge in [-0.1, -0.05) is 6.07 Å². The van der Waals surface area contributed by atoms with Gasteiger partial charge in [0.15, 0.2) is 11.5 Å². The number of benzene rings is 1. The highest BCUT2D eigenvalue weighted by atomic mass is 32.2. The number of thiazole rings is 1. The van der Waals surface area contributed by atoms with E-state index in [0.717, 1.165) is 11.3 Å². The highest BCUT2D eigenvalue weighted by molar-refractivity contribution is 7.93. The van der Waals surface area contributed by atoms with E-state index in [2.05, 4.69) is 9.71 Å². The van der Waals surface area contributed by atoms with Crippen molar-refractivity contribution in [3.05, 3.63) is 35.0 Å². The average molecular weight is 385 g/mol. The van der Waals surface area contributed by atoms with Crippen LogP contribution in [0.4, 0.5) is 5.00 Å². The maximum Gasteiger partial charge on any atom is 0.357 e. The Bertz CT molecular complexity index is 907. The molecule has 0 saturated carbocycles. The van der Waals surface area contributed by atoms with E-state index in [9.17, 15) is 18.0 Å². The first kappa shape index (κ1) is 18.8. The molecule has 2 rings (SSSR count). The molecule has 1 aromatic heterocycles. The normalized spacial score (nSPS) is 11.1. The van der Waals surface area contributed by atoms with Gasteiger partial charge in [0.25, 0.3) is 10.0 Å². The molecule has 9 nitrogen and oxygen atoms in total. The molecule has 0 fully saturated rings. The lowest BCUT2D eigenvalue weighted by atomic mass is 10.1. The number of nitrogens with two attached hydrogens (primary N) is 1. The molecule has 0 unspecified atom stereocenters. The smallest absolute Gasteiger partial charge is 0.357 e. The summed E-state index contributed by atoms with van der Waals surface area (Å²) < 4.78 is 32.3. The Balaban J connectivity index is 2.34. The molecule has 0 aliphatic carbocycles. The largest absolute Gasteiger partial charge is 0.496 e. The van der Waals surface area contributed by atoms with Crippen LogP contribution in [0.5, 0.6) is 5.75 Å². The van der Waals surface area contributed by atoms with Crippen LogP contribution in [0.3, 0.4) is 0 Å². The molecule has 134 valence electrons. The number of aromatic carboxylic acids is 1. The summed E-state index contributed by atoms with van der Waals surface area (Å²) in [5.74, 6) is -1.34. The number of hydrogen-bond acceptors (Lipinski definition) is 8. The molecule has 1 aromatic carbocycles. The van der Waals surface area contributed by atoms with Gasteiger partial charge in [-0.25, -0.2) is 18.2 Å². The van der Waals surface area contributed by atoms with E-state index in [-0.39, 0.29) is 40.1 Å². The van der Waals surface area contributed by atoms with Crippen LogP contribution in [0.2, 0.25) is 0 Å². The predicted octanol–water partition coefficient (Wildman–Crippen LogP) is 0.721. The summed E-state index contributed by atoms with van der Waals surface area (Å²) in [6, 6.07) is 4.00. The number of sulfonamides is 1. The molecule has 0 aliphatic rings. The van der Waals surface area contributed by atoms with Crippen LogP contribution in [0.15, 0.2) is 28.6 Å². The van der Waals surface area contributed by atoms with E-state index in [4.69, 9.17) is 15.6 Å². The lowest BCUT2D eigenvalue weighted by molar-refractivity contribution is -0.117. The number of nitrogens with one attached hydrogen (secondary N) is 1. The third-order valence-electron chi connectivity index (χ3n) is 3.18. The summed E-state index contributed by atoms with van der Waals surface area (Å²) in [6.45, 7) is -0.131. The minimum absolute atomic E-state index is 0.0193. The zero-order chi connectivity index (χ0) is 18.6. The zero-order valence-electron chi connectivity index (χ0n) is 13.1. The van der Waals surface area contributed by atoms with Gasteiger partial charge in [0, 0.05) is 18.1 Å². The number of nitrogens with zero attached hydrogens (tertiary/aromatic N) is 1. The molecular formula is C14H15N3O6S2. The molecule has 2 aromatic rings. The van der Waals surface area contributed by atoms with Crippen molar-refractivity contribution in [3.8, 4) is 5.75 Å². The number of carbonyl (C=O) groups is 2. The summed E-state index contributed by atoms with van der Waals surface area (Å²) in [5, 5.41) is 8.89. The Hall–Kier alpha value is -2.50. The number of aromatic nitrogens is 1. The summed E-state index contributed by atoms with van der Waals surface area (Å²) in [5.41, 5.74) is 6.62. The third-order valence-corrected chi connectivity index (χ3v) is 5.40. The van der Waals surface area contributed by atoms with Crippen molar-refractivity contribution in [2.45, 2.75) is 11.3 Å². The molecule has 1 heterocycles. The van der Waals surface area contributed by atoms with Gasteiger partial charge in [-0.2, -0.15) is 0 Å². The van der Waals surface area contributed by atoms with Crippen LogP contribution < -0.4 is 15.2 Å². The maximum atomic E-state index is 12.5. The van der Waals surface area contributed by atoms with Crippen molar-refractivity contribution >= 4 is 38.1 Å². The van der Waals surface area contributed by atoms with E-state index in [1.54, 1.807) is 0 Å². The molecule has 0 atom stereocenters. The van der Waals surface area contributed by atoms with Gasteiger partial charge in [0.05, 0.1) is 24.1 Å². The van der Waals surface area contributed by atoms with Crippen molar-refractivity contribution in [3.63, 3.8) is 0 Å². The highest BCUT2D eigenvalue weighted by Gasteiger charge is 2.22. The van der Waals surface area contributed by atoms with E-state index >= 15 is 0 Å². The molecule has 0 bridgehead atoms.